The maximum absolute atomic E-state index is 11.8. The van der Waals surface area contributed by atoms with Gasteiger partial charge in [-0.25, -0.2) is 4.79 Å². The summed E-state index contributed by atoms with van der Waals surface area (Å²) in [6.07, 6.45) is 0. The standard InChI is InChI=1S/C14H18N4O3/c1-3-18-12(15)11(13(19)17-14(18)20)16-8-9-4-6-10(21-2)7-5-9/h4-7,16H,3,8,15H2,1-2H3,(H,17,19,20). The molecular weight excluding hydrogens is 272 g/mol. The lowest BCUT2D eigenvalue weighted by Gasteiger charge is -2.12. The number of aromatic nitrogens is 2. The van der Waals surface area contributed by atoms with E-state index < -0.39 is 11.2 Å². The van der Waals surface area contributed by atoms with Crippen LogP contribution in [0.15, 0.2) is 33.9 Å². The van der Waals surface area contributed by atoms with Crippen molar-refractivity contribution in [2.75, 3.05) is 18.2 Å². The highest BCUT2D eigenvalue weighted by Crippen LogP contribution is 2.14. The molecule has 21 heavy (non-hydrogen) atoms. The zero-order chi connectivity index (χ0) is 15.4. The second-order valence-electron chi connectivity index (χ2n) is 4.47. The third-order valence-corrected chi connectivity index (χ3v) is 3.18. The van der Waals surface area contributed by atoms with Crippen molar-refractivity contribution in [3.63, 3.8) is 0 Å². The van der Waals surface area contributed by atoms with Crippen LogP contribution in [0.4, 0.5) is 11.5 Å². The number of nitrogens with zero attached hydrogens (tertiary/aromatic N) is 1. The van der Waals surface area contributed by atoms with Crippen molar-refractivity contribution in [3.8, 4) is 5.75 Å². The van der Waals surface area contributed by atoms with Crippen LogP contribution in [0.25, 0.3) is 0 Å². The molecule has 7 heteroatoms. The Balaban J connectivity index is 2.23. The number of nitrogens with one attached hydrogen (secondary N) is 2. The minimum absolute atomic E-state index is 0.139. The van der Waals surface area contributed by atoms with E-state index in [1.54, 1.807) is 14.0 Å². The summed E-state index contributed by atoms with van der Waals surface area (Å²) < 4.78 is 6.38. The Bertz CT molecular complexity index is 731. The van der Waals surface area contributed by atoms with Gasteiger partial charge in [-0.1, -0.05) is 12.1 Å². The molecule has 7 nitrogen and oxygen atoms in total. The lowest BCUT2D eigenvalue weighted by atomic mass is 10.2. The van der Waals surface area contributed by atoms with Crippen LogP contribution in [-0.4, -0.2) is 16.7 Å². The second-order valence-corrected chi connectivity index (χ2v) is 4.47. The molecule has 0 amide bonds. The van der Waals surface area contributed by atoms with E-state index in [9.17, 15) is 9.59 Å². The quantitative estimate of drug-likeness (QED) is 0.754. The molecule has 0 unspecified atom stereocenters. The van der Waals surface area contributed by atoms with E-state index in [0.29, 0.717) is 13.1 Å². The normalized spacial score (nSPS) is 10.4. The van der Waals surface area contributed by atoms with Gasteiger partial charge in [0.25, 0.3) is 5.56 Å². The molecule has 112 valence electrons. The number of hydrogen-bond donors (Lipinski definition) is 3. The zero-order valence-corrected chi connectivity index (χ0v) is 12.0. The van der Waals surface area contributed by atoms with E-state index in [0.717, 1.165) is 11.3 Å². The van der Waals surface area contributed by atoms with E-state index in [-0.39, 0.29) is 11.5 Å². The number of anilines is 2. The number of nitrogen functional groups attached to an aromatic ring is 1. The van der Waals surface area contributed by atoms with Crippen LogP contribution >= 0.6 is 0 Å². The predicted molar refractivity (Wildman–Crippen MR) is 81.7 cm³/mol. The van der Waals surface area contributed by atoms with Gasteiger partial charge in [-0.05, 0) is 24.6 Å². The van der Waals surface area contributed by atoms with E-state index in [1.165, 1.54) is 4.57 Å². The first-order valence-electron chi connectivity index (χ1n) is 6.56. The number of methoxy groups -OCH3 is 1. The number of aromatic amines is 1. The monoisotopic (exact) mass is 290 g/mol. The van der Waals surface area contributed by atoms with Crippen molar-refractivity contribution in [2.45, 2.75) is 20.0 Å². The van der Waals surface area contributed by atoms with Gasteiger partial charge in [0.05, 0.1) is 7.11 Å². The summed E-state index contributed by atoms with van der Waals surface area (Å²) >= 11 is 0. The van der Waals surface area contributed by atoms with Crippen LogP contribution in [0.5, 0.6) is 5.75 Å². The molecule has 0 aliphatic heterocycles. The second kappa shape index (κ2) is 6.17. The summed E-state index contributed by atoms with van der Waals surface area (Å²) in [7, 11) is 1.60. The molecule has 0 saturated heterocycles. The van der Waals surface area contributed by atoms with Crippen LogP contribution in [0, 0.1) is 0 Å². The molecule has 0 fully saturated rings. The van der Waals surface area contributed by atoms with Crippen LogP contribution in [-0.2, 0) is 13.1 Å². The smallest absolute Gasteiger partial charge is 0.330 e. The van der Waals surface area contributed by atoms with Gasteiger partial charge in [-0.2, -0.15) is 0 Å². The number of H-pyrrole nitrogens is 1. The average Bonchev–Trinajstić information content (AvgIpc) is 2.47. The third-order valence-electron chi connectivity index (χ3n) is 3.18. The Morgan fingerprint density at radius 1 is 1.29 bits per heavy atom. The molecule has 2 rings (SSSR count). The molecule has 0 aliphatic rings. The summed E-state index contributed by atoms with van der Waals surface area (Å²) in [4.78, 5) is 25.6. The molecule has 1 aromatic carbocycles. The average molecular weight is 290 g/mol. The Morgan fingerprint density at radius 3 is 2.52 bits per heavy atom. The molecule has 1 aromatic heterocycles. The van der Waals surface area contributed by atoms with Gasteiger partial charge in [0.15, 0.2) is 0 Å². The van der Waals surface area contributed by atoms with Gasteiger partial charge in [0.2, 0.25) is 0 Å². The molecule has 1 heterocycles. The molecule has 0 atom stereocenters. The van der Waals surface area contributed by atoms with E-state index in [2.05, 4.69) is 10.3 Å². The lowest BCUT2D eigenvalue weighted by molar-refractivity contribution is 0.414. The summed E-state index contributed by atoms with van der Waals surface area (Å²) in [5.74, 6) is 0.899. The summed E-state index contributed by atoms with van der Waals surface area (Å²) in [5, 5.41) is 2.97. The Hall–Kier alpha value is -2.70. The Labute approximate surface area is 121 Å². The Kier molecular flexibility index (Phi) is 4.32. The van der Waals surface area contributed by atoms with Crippen molar-refractivity contribution in [1.82, 2.24) is 9.55 Å². The largest absolute Gasteiger partial charge is 0.497 e. The first-order chi connectivity index (χ1) is 10.1. The van der Waals surface area contributed by atoms with Crippen molar-refractivity contribution in [2.24, 2.45) is 0 Å². The van der Waals surface area contributed by atoms with Crippen LogP contribution in [0.2, 0.25) is 0 Å². The fraction of sp³-hybridized carbons (Fsp3) is 0.286. The van der Waals surface area contributed by atoms with Gasteiger partial charge in [-0.15, -0.1) is 0 Å². The van der Waals surface area contributed by atoms with Crippen LogP contribution in [0.1, 0.15) is 12.5 Å². The molecule has 2 aromatic rings. The summed E-state index contributed by atoms with van der Waals surface area (Å²) in [6, 6.07) is 7.42. The third kappa shape index (κ3) is 3.07. The van der Waals surface area contributed by atoms with Crippen molar-refractivity contribution < 1.29 is 4.74 Å². The van der Waals surface area contributed by atoms with Crippen LogP contribution in [0.3, 0.4) is 0 Å². The molecule has 0 saturated carbocycles. The summed E-state index contributed by atoms with van der Waals surface area (Å²) in [5.41, 5.74) is 6.01. The van der Waals surface area contributed by atoms with Gasteiger partial charge < -0.3 is 15.8 Å². The van der Waals surface area contributed by atoms with Crippen molar-refractivity contribution >= 4 is 11.5 Å². The van der Waals surface area contributed by atoms with Gasteiger partial charge in [0, 0.05) is 13.1 Å². The number of hydrogen-bond acceptors (Lipinski definition) is 5. The minimum atomic E-state index is -0.518. The van der Waals surface area contributed by atoms with Crippen LogP contribution < -0.4 is 27.0 Å². The fourth-order valence-corrected chi connectivity index (χ4v) is 2.01. The number of nitrogens with two attached hydrogens (primary N) is 1. The zero-order valence-electron chi connectivity index (χ0n) is 12.0. The van der Waals surface area contributed by atoms with E-state index in [4.69, 9.17) is 10.5 Å². The fourth-order valence-electron chi connectivity index (χ4n) is 2.01. The van der Waals surface area contributed by atoms with Gasteiger partial charge in [0.1, 0.15) is 17.3 Å². The first kappa shape index (κ1) is 14.7. The topological polar surface area (TPSA) is 102 Å². The molecule has 0 radical (unpaired) electrons. The van der Waals surface area contributed by atoms with Crippen molar-refractivity contribution in [1.29, 1.82) is 0 Å². The van der Waals surface area contributed by atoms with Crippen molar-refractivity contribution in [3.05, 3.63) is 50.7 Å². The van der Waals surface area contributed by atoms with E-state index >= 15 is 0 Å². The highest BCUT2D eigenvalue weighted by atomic mass is 16.5. The number of benzene rings is 1. The molecular formula is C14H18N4O3. The molecule has 0 bridgehead atoms. The highest BCUT2D eigenvalue weighted by Gasteiger charge is 2.10. The SMILES string of the molecule is CCn1c(N)c(NCc2ccc(OC)cc2)c(=O)[nH]c1=O. The maximum Gasteiger partial charge on any atom is 0.330 e. The lowest BCUT2D eigenvalue weighted by Crippen LogP contribution is -2.33. The molecule has 4 N–H and O–H groups in total. The van der Waals surface area contributed by atoms with E-state index in [1.807, 2.05) is 24.3 Å². The Morgan fingerprint density at radius 2 is 1.95 bits per heavy atom. The predicted octanol–water partition coefficient (Wildman–Crippen LogP) is 0.759. The first-order valence-corrected chi connectivity index (χ1v) is 6.56. The molecule has 0 aliphatic carbocycles. The number of ether oxygens (including phenoxy) is 1. The summed E-state index contributed by atoms with van der Waals surface area (Å²) in [6.45, 7) is 2.58. The number of rotatable bonds is 5. The maximum atomic E-state index is 11.8. The van der Waals surface area contributed by atoms with Gasteiger partial charge in [-0.3, -0.25) is 14.3 Å². The molecule has 0 spiro atoms. The van der Waals surface area contributed by atoms with Gasteiger partial charge >= 0.3 is 5.69 Å². The highest BCUT2D eigenvalue weighted by molar-refractivity contribution is 5.60. The minimum Gasteiger partial charge on any atom is -0.497 e.